The Morgan fingerprint density at radius 1 is 1.23 bits per heavy atom. The minimum absolute atomic E-state index is 0.0397. The monoisotopic (exact) mass is 349 g/mol. The molecular weight excluding hydrogens is 337 g/mol. The summed E-state index contributed by atoms with van der Waals surface area (Å²) in [5, 5.41) is 12.2. The van der Waals surface area contributed by atoms with Crippen molar-refractivity contribution in [3.63, 3.8) is 0 Å². The van der Waals surface area contributed by atoms with E-state index in [4.69, 9.17) is 0 Å². The fourth-order valence-electron chi connectivity index (χ4n) is 1.22. The number of alkyl halides is 3. The van der Waals surface area contributed by atoms with Crippen molar-refractivity contribution >= 4 is 15.8 Å². The molecule has 1 atom stereocenters. The molecule has 0 saturated carbocycles. The van der Waals surface area contributed by atoms with Gasteiger partial charge in [0.2, 0.25) is 0 Å². The maximum atomic E-state index is 12.9. The highest BCUT2D eigenvalue weighted by atomic mass is 32.2. The number of hydrogen-bond donors (Lipinski definition) is 2. The lowest BCUT2D eigenvalue weighted by Gasteiger charge is -2.24. The van der Waals surface area contributed by atoms with Crippen LogP contribution in [0.4, 0.5) is 27.6 Å². The fraction of sp³-hybridized carbons (Fsp3) is 0.455. The van der Waals surface area contributed by atoms with Crippen LogP contribution in [-0.2, 0) is 14.3 Å². The van der Waals surface area contributed by atoms with Gasteiger partial charge in [0.05, 0.1) is 6.61 Å². The van der Waals surface area contributed by atoms with Gasteiger partial charge in [-0.1, -0.05) is 0 Å². The molecule has 22 heavy (non-hydrogen) atoms. The molecule has 0 bridgehead atoms. The highest BCUT2D eigenvalue weighted by Gasteiger charge is 2.48. The Balaban J connectivity index is 2.62. The second-order valence-electron chi connectivity index (χ2n) is 4.64. The van der Waals surface area contributed by atoms with Gasteiger partial charge in [0.25, 0.3) is 0 Å². The maximum Gasteiger partial charge on any atom is 0.523 e. The summed E-state index contributed by atoms with van der Waals surface area (Å²) in [4.78, 5) is 0. The summed E-state index contributed by atoms with van der Waals surface area (Å²) in [6.45, 7) is -0.636. The molecule has 1 aromatic carbocycles. The van der Waals surface area contributed by atoms with Gasteiger partial charge in [0.1, 0.15) is 5.60 Å². The molecule has 1 aromatic rings. The number of benzene rings is 1. The van der Waals surface area contributed by atoms with Crippen LogP contribution in [0.25, 0.3) is 0 Å². The van der Waals surface area contributed by atoms with Crippen LogP contribution in [0.3, 0.4) is 0 Å². The van der Waals surface area contributed by atoms with E-state index in [1.807, 2.05) is 0 Å². The van der Waals surface area contributed by atoms with E-state index in [2.05, 4.69) is 9.50 Å². The third-order valence-electron chi connectivity index (χ3n) is 2.40. The van der Waals surface area contributed by atoms with Crippen LogP contribution in [0.1, 0.15) is 6.92 Å². The molecular formula is C11H12F5NO4S. The van der Waals surface area contributed by atoms with Crippen molar-refractivity contribution in [2.45, 2.75) is 18.0 Å². The lowest BCUT2D eigenvalue weighted by molar-refractivity contribution is -0.0602. The van der Waals surface area contributed by atoms with E-state index < -0.39 is 46.0 Å². The Hall–Kier alpha value is -1.46. The Morgan fingerprint density at radius 3 is 2.32 bits per heavy atom. The lowest BCUT2D eigenvalue weighted by Crippen LogP contribution is -2.41. The molecule has 11 heteroatoms. The van der Waals surface area contributed by atoms with Crippen LogP contribution < -0.4 is 5.32 Å². The van der Waals surface area contributed by atoms with Crippen molar-refractivity contribution in [3.05, 3.63) is 29.8 Å². The Labute approximate surface area is 122 Å². The van der Waals surface area contributed by atoms with Crippen LogP contribution in [0.2, 0.25) is 0 Å². The van der Waals surface area contributed by atoms with Gasteiger partial charge >= 0.3 is 15.6 Å². The van der Waals surface area contributed by atoms with E-state index in [0.29, 0.717) is 0 Å². The highest BCUT2D eigenvalue weighted by molar-refractivity contribution is 7.87. The summed E-state index contributed by atoms with van der Waals surface area (Å²) in [6, 6.07) is 2.69. The number of rotatable bonds is 6. The van der Waals surface area contributed by atoms with Gasteiger partial charge in [-0.3, -0.25) is 4.18 Å². The molecule has 1 rings (SSSR count). The van der Waals surface area contributed by atoms with E-state index in [1.54, 1.807) is 0 Å². The van der Waals surface area contributed by atoms with Gasteiger partial charge in [0, 0.05) is 18.3 Å². The molecule has 0 fully saturated rings. The van der Waals surface area contributed by atoms with Crippen molar-refractivity contribution < 1.29 is 39.7 Å². The maximum absolute atomic E-state index is 12.9. The van der Waals surface area contributed by atoms with Crippen molar-refractivity contribution in [1.82, 2.24) is 0 Å². The molecule has 0 aliphatic rings. The third-order valence-corrected chi connectivity index (χ3v) is 3.40. The summed E-state index contributed by atoms with van der Waals surface area (Å²) in [6.07, 6.45) is 0. The zero-order valence-corrected chi connectivity index (χ0v) is 11.9. The summed E-state index contributed by atoms with van der Waals surface area (Å²) in [5.41, 5.74) is -7.57. The first-order valence-electron chi connectivity index (χ1n) is 5.71. The van der Waals surface area contributed by atoms with Gasteiger partial charge in [-0.25, -0.2) is 8.78 Å². The van der Waals surface area contributed by atoms with Crippen LogP contribution in [0, 0.1) is 11.6 Å². The minimum Gasteiger partial charge on any atom is -0.386 e. The Kier molecular flexibility index (Phi) is 5.36. The first-order chi connectivity index (χ1) is 9.84. The number of hydrogen-bond acceptors (Lipinski definition) is 5. The van der Waals surface area contributed by atoms with E-state index in [1.165, 1.54) is 0 Å². The molecule has 0 amide bonds. The van der Waals surface area contributed by atoms with Crippen LogP contribution in [0.5, 0.6) is 0 Å². The average molecular weight is 349 g/mol. The lowest BCUT2D eigenvalue weighted by atomic mass is 10.1. The zero-order valence-electron chi connectivity index (χ0n) is 11.1. The summed E-state index contributed by atoms with van der Waals surface area (Å²) in [5.74, 6) is -2.27. The summed E-state index contributed by atoms with van der Waals surface area (Å²) in [7, 11) is -5.82. The van der Waals surface area contributed by atoms with Gasteiger partial charge in [-0.2, -0.15) is 21.6 Å². The molecule has 0 spiro atoms. The van der Waals surface area contributed by atoms with Crippen LogP contribution >= 0.6 is 0 Å². The van der Waals surface area contributed by atoms with Gasteiger partial charge in [-0.05, 0) is 19.1 Å². The predicted molar refractivity (Wildman–Crippen MR) is 66.4 cm³/mol. The normalized spacial score (nSPS) is 15.4. The number of anilines is 1. The van der Waals surface area contributed by atoms with Crippen LogP contribution in [-0.4, -0.2) is 37.8 Å². The second kappa shape index (κ2) is 6.34. The molecule has 0 radical (unpaired) electrons. The standard InChI is InChI=1S/C11H12F5NO4S/c1-10(18,6-21-22(19,20)11(14,15)16)5-17-7-2-3-8(12)9(13)4-7/h2-4,17-18H,5-6H2,1H3. The smallest absolute Gasteiger partial charge is 0.386 e. The predicted octanol–water partition coefficient (Wildman–Crippen LogP) is 1.99. The third kappa shape index (κ3) is 5.07. The molecule has 2 N–H and O–H groups in total. The van der Waals surface area contributed by atoms with Crippen molar-refractivity contribution in [3.8, 4) is 0 Å². The first-order valence-corrected chi connectivity index (χ1v) is 7.12. The molecule has 0 heterocycles. The summed E-state index contributed by atoms with van der Waals surface area (Å²) >= 11 is 0. The molecule has 126 valence electrons. The summed E-state index contributed by atoms with van der Waals surface area (Å²) < 4.78 is 86.9. The molecule has 0 aromatic heterocycles. The zero-order chi connectivity index (χ0) is 17.2. The van der Waals surface area contributed by atoms with Gasteiger partial charge in [0.15, 0.2) is 11.6 Å². The Morgan fingerprint density at radius 2 is 1.82 bits per heavy atom. The van der Waals surface area contributed by atoms with E-state index in [9.17, 15) is 35.5 Å². The van der Waals surface area contributed by atoms with Crippen molar-refractivity contribution in [2.24, 2.45) is 0 Å². The average Bonchev–Trinajstić information content (AvgIpc) is 2.37. The van der Waals surface area contributed by atoms with E-state index >= 15 is 0 Å². The van der Waals surface area contributed by atoms with Gasteiger partial charge in [-0.15, -0.1) is 0 Å². The number of halogens is 5. The molecule has 1 unspecified atom stereocenters. The quantitative estimate of drug-likeness (QED) is 0.467. The number of aliphatic hydroxyl groups is 1. The molecule has 5 nitrogen and oxygen atoms in total. The van der Waals surface area contributed by atoms with Crippen molar-refractivity contribution in [2.75, 3.05) is 18.5 Å². The SMILES string of the molecule is CC(O)(CNc1ccc(F)c(F)c1)COS(=O)(=O)C(F)(F)F. The van der Waals surface area contributed by atoms with Crippen LogP contribution in [0.15, 0.2) is 18.2 Å². The second-order valence-corrected chi connectivity index (χ2v) is 6.25. The van der Waals surface area contributed by atoms with Crippen molar-refractivity contribution in [1.29, 1.82) is 0 Å². The Bertz CT molecular complexity index is 630. The van der Waals surface area contributed by atoms with E-state index in [-0.39, 0.29) is 5.69 Å². The highest BCUT2D eigenvalue weighted by Crippen LogP contribution is 2.25. The molecule has 0 saturated heterocycles. The van der Waals surface area contributed by atoms with E-state index in [0.717, 1.165) is 25.1 Å². The first kappa shape index (κ1) is 18.6. The molecule has 0 aliphatic heterocycles. The largest absolute Gasteiger partial charge is 0.523 e. The number of nitrogens with one attached hydrogen (secondary N) is 1. The minimum atomic E-state index is -5.82. The molecule has 0 aliphatic carbocycles. The topological polar surface area (TPSA) is 75.6 Å². The van der Waals surface area contributed by atoms with Gasteiger partial charge < -0.3 is 10.4 Å². The fourth-order valence-corrected chi connectivity index (χ4v) is 1.76.